The summed E-state index contributed by atoms with van der Waals surface area (Å²) >= 11 is 0. The van der Waals surface area contributed by atoms with E-state index in [0.717, 1.165) is 44.5 Å². The first-order valence-electron chi connectivity index (χ1n) is 9.90. The summed E-state index contributed by atoms with van der Waals surface area (Å²) in [5.41, 5.74) is 0. The molecule has 0 saturated carbocycles. The van der Waals surface area contributed by atoms with Gasteiger partial charge < -0.3 is 14.5 Å². The highest BCUT2D eigenvalue weighted by atomic mass is 16.5. The Bertz CT molecular complexity index is 554. The van der Waals surface area contributed by atoms with Crippen molar-refractivity contribution in [1.29, 1.82) is 0 Å². The number of hydrogen-bond acceptors (Lipinski definition) is 3. The number of unbranched alkanes of at least 4 members (excludes halogenated alkanes) is 1. The van der Waals surface area contributed by atoms with Gasteiger partial charge in [-0.05, 0) is 38.3 Å². The van der Waals surface area contributed by atoms with E-state index in [2.05, 4.69) is 6.92 Å². The molecule has 0 radical (unpaired) electrons. The molecule has 0 N–H and O–H groups in total. The third kappa shape index (κ3) is 6.04. The molecule has 1 aliphatic heterocycles. The van der Waals surface area contributed by atoms with Crippen LogP contribution in [0.25, 0.3) is 0 Å². The van der Waals surface area contributed by atoms with Crippen LogP contribution >= 0.6 is 0 Å². The summed E-state index contributed by atoms with van der Waals surface area (Å²) in [6, 6.07) is 9.54. The van der Waals surface area contributed by atoms with Crippen LogP contribution in [0.1, 0.15) is 46.0 Å². The molecule has 0 bridgehead atoms. The highest BCUT2D eigenvalue weighted by molar-refractivity contribution is 5.80. The second kappa shape index (κ2) is 10.8. The summed E-state index contributed by atoms with van der Waals surface area (Å²) in [7, 11) is 0. The molecule has 1 fully saturated rings. The van der Waals surface area contributed by atoms with E-state index in [1.165, 1.54) is 0 Å². The van der Waals surface area contributed by atoms with Gasteiger partial charge in [-0.3, -0.25) is 9.59 Å². The first kappa shape index (κ1) is 20.3. The van der Waals surface area contributed by atoms with E-state index in [1.54, 1.807) is 0 Å². The number of carbonyl (C=O) groups is 2. The SMILES string of the molecule is CCCCN(CC)C(=O)C1CCN(C(=O)CCOc2ccccc2)CC1. The standard InChI is InChI=1S/C21H32N2O3/c1-3-5-14-22(4-2)21(25)18-11-15-23(16-12-18)20(24)13-17-26-19-9-7-6-8-10-19/h6-10,18H,3-5,11-17H2,1-2H3. The number of ether oxygens (including phenoxy) is 1. The molecule has 2 rings (SSSR count). The molecule has 0 aromatic heterocycles. The molecule has 0 unspecified atom stereocenters. The first-order chi connectivity index (χ1) is 12.7. The van der Waals surface area contributed by atoms with Gasteiger partial charge in [0.2, 0.25) is 11.8 Å². The Morgan fingerprint density at radius 3 is 2.46 bits per heavy atom. The second-order valence-corrected chi connectivity index (χ2v) is 6.84. The van der Waals surface area contributed by atoms with E-state index in [9.17, 15) is 9.59 Å². The largest absolute Gasteiger partial charge is 0.493 e. The number of benzene rings is 1. The average molecular weight is 360 g/mol. The molecular weight excluding hydrogens is 328 g/mol. The molecule has 0 aliphatic carbocycles. The number of rotatable bonds is 9. The summed E-state index contributed by atoms with van der Waals surface area (Å²) < 4.78 is 5.60. The first-order valence-corrected chi connectivity index (χ1v) is 9.90. The number of carbonyl (C=O) groups excluding carboxylic acids is 2. The van der Waals surface area contributed by atoms with Crippen molar-refractivity contribution in [2.24, 2.45) is 5.92 Å². The number of nitrogens with zero attached hydrogens (tertiary/aromatic N) is 2. The lowest BCUT2D eigenvalue weighted by atomic mass is 9.95. The lowest BCUT2D eigenvalue weighted by Gasteiger charge is -2.34. The van der Waals surface area contributed by atoms with Crippen LogP contribution in [0.15, 0.2) is 30.3 Å². The van der Waals surface area contributed by atoms with Crippen LogP contribution in [0, 0.1) is 5.92 Å². The highest BCUT2D eigenvalue weighted by Gasteiger charge is 2.29. The van der Waals surface area contributed by atoms with Crippen LogP contribution in [0.4, 0.5) is 0 Å². The fourth-order valence-electron chi connectivity index (χ4n) is 3.34. The zero-order valence-corrected chi connectivity index (χ0v) is 16.2. The zero-order chi connectivity index (χ0) is 18.8. The fraction of sp³-hybridized carbons (Fsp3) is 0.619. The van der Waals surface area contributed by atoms with Crippen molar-refractivity contribution in [3.63, 3.8) is 0 Å². The molecule has 0 spiro atoms. The Hall–Kier alpha value is -2.04. The Balaban J connectivity index is 1.71. The van der Waals surface area contributed by atoms with Crippen molar-refractivity contribution in [3.05, 3.63) is 30.3 Å². The van der Waals surface area contributed by atoms with E-state index < -0.39 is 0 Å². The minimum Gasteiger partial charge on any atom is -0.493 e. The van der Waals surface area contributed by atoms with Crippen LogP contribution < -0.4 is 4.74 Å². The minimum absolute atomic E-state index is 0.0661. The number of hydrogen-bond donors (Lipinski definition) is 0. The molecule has 1 heterocycles. The van der Waals surface area contributed by atoms with Gasteiger partial charge in [-0.15, -0.1) is 0 Å². The lowest BCUT2D eigenvalue weighted by Crippen LogP contribution is -2.44. The average Bonchev–Trinajstić information content (AvgIpc) is 2.69. The van der Waals surface area contributed by atoms with Crippen molar-refractivity contribution in [2.75, 3.05) is 32.8 Å². The molecule has 2 amide bonds. The minimum atomic E-state index is 0.0661. The van der Waals surface area contributed by atoms with Gasteiger partial charge in [-0.1, -0.05) is 31.5 Å². The van der Waals surface area contributed by atoms with E-state index in [-0.39, 0.29) is 17.7 Å². The molecule has 5 heteroatoms. The van der Waals surface area contributed by atoms with Crippen molar-refractivity contribution < 1.29 is 14.3 Å². The van der Waals surface area contributed by atoms with Crippen molar-refractivity contribution in [2.45, 2.75) is 46.0 Å². The number of likely N-dealkylation sites (tertiary alicyclic amines) is 1. The van der Waals surface area contributed by atoms with Crippen LogP contribution in [0.5, 0.6) is 5.75 Å². The third-order valence-corrected chi connectivity index (χ3v) is 5.00. The van der Waals surface area contributed by atoms with Gasteiger partial charge in [0, 0.05) is 32.1 Å². The molecule has 26 heavy (non-hydrogen) atoms. The van der Waals surface area contributed by atoms with Gasteiger partial charge in [0.25, 0.3) is 0 Å². The maximum Gasteiger partial charge on any atom is 0.225 e. The molecular formula is C21H32N2O3. The van der Waals surface area contributed by atoms with E-state index in [1.807, 2.05) is 47.1 Å². The molecule has 0 atom stereocenters. The molecule has 1 saturated heterocycles. The lowest BCUT2D eigenvalue weighted by molar-refractivity contribution is -0.140. The summed E-state index contributed by atoms with van der Waals surface area (Å²) in [5, 5.41) is 0. The molecule has 144 valence electrons. The normalized spacial score (nSPS) is 14.9. The van der Waals surface area contributed by atoms with Gasteiger partial charge in [0.05, 0.1) is 13.0 Å². The molecule has 1 aromatic rings. The van der Waals surface area contributed by atoms with Crippen LogP contribution in [-0.2, 0) is 9.59 Å². The Morgan fingerprint density at radius 2 is 1.85 bits per heavy atom. The van der Waals surface area contributed by atoms with E-state index in [0.29, 0.717) is 26.1 Å². The number of para-hydroxylation sites is 1. The molecule has 5 nitrogen and oxygen atoms in total. The monoisotopic (exact) mass is 360 g/mol. The predicted molar refractivity (Wildman–Crippen MR) is 103 cm³/mol. The predicted octanol–water partition coefficient (Wildman–Crippen LogP) is 3.34. The zero-order valence-electron chi connectivity index (χ0n) is 16.2. The second-order valence-electron chi connectivity index (χ2n) is 6.84. The molecule has 1 aliphatic rings. The fourth-order valence-corrected chi connectivity index (χ4v) is 3.34. The highest BCUT2D eigenvalue weighted by Crippen LogP contribution is 2.21. The Labute approximate surface area is 157 Å². The van der Waals surface area contributed by atoms with Crippen LogP contribution in [0.3, 0.4) is 0 Å². The quantitative estimate of drug-likeness (QED) is 0.679. The topological polar surface area (TPSA) is 49.9 Å². The summed E-state index contributed by atoms with van der Waals surface area (Å²) in [6.45, 7) is 7.54. The summed E-state index contributed by atoms with van der Waals surface area (Å²) in [5.74, 6) is 1.23. The van der Waals surface area contributed by atoms with Gasteiger partial charge in [0.15, 0.2) is 0 Å². The maximum absolute atomic E-state index is 12.6. The van der Waals surface area contributed by atoms with Crippen LogP contribution in [-0.4, -0.2) is 54.4 Å². The van der Waals surface area contributed by atoms with Crippen molar-refractivity contribution in [3.8, 4) is 5.75 Å². The number of piperidine rings is 1. The van der Waals surface area contributed by atoms with E-state index in [4.69, 9.17) is 4.74 Å². The smallest absolute Gasteiger partial charge is 0.225 e. The van der Waals surface area contributed by atoms with Crippen molar-refractivity contribution in [1.82, 2.24) is 9.80 Å². The van der Waals surface area contributed by atoms with Crippen LogP contribution in [0.2, 0.25) is 0 Å². The van der Waals surface area contributed by atoms with Gasteiger partial charge in [-0.2, -0.15) is 0 Å². The van der Waals surface area contributed by atoms with Crippen molar-refractivity contribution >= 4 is 11.8 Å². The number of amides is 2. The van der Waals surface area contributed by atoms with E-state index >= 15 is 0 Å². The van der Waals surface area contributed by atoms with Gasteiger partial charge in [-0.25, -0.2) is 0 Å². The maximum atomic E-state index is 12.6. The van der Waals surface area contributed by atoms with Gasteiger partial charge >= 0.3 is 0 Å². The summed E-state index contributed by atoms with van der Waals surface area (Å²) in [4.78, 5) is 28.8. The Kier molecular flexibility index (Phi) is 8.45. The Morgan fingerprint density at radius 1 is 1.15 bits per heavy atom. The summed E-state index contributed by atoms with van der Waals surface area (Å²) in [6.07, 6.45) is 4.07. The molecule has 1 aromatic carbocycles. The third-order valence-electron chi connectivity index (χ3n) is 5.00. The van der Waals surface area contributed by atoms with Gasteiger partial charge in [0.1, 0.15) is 5.75 Å².